The second-order valence-electron chi connectivity index (χ2n) is 6.01. The van der Waals surface area contributed by atoms with Gasteiger partial charge in [-0.1, -0.05) is 29.8 Å². The summed E-state index contributed by atoms with van der Waals surface area (Å²) in [6, 6.07) is 14.8. The zero-order chi connectivity index (χ0) is 18.1. The van der Waals surface area contributed by atoms with Crippen LogP contribution in [0.5, 0.6) is 0 Å². The molecule has 0 atom stereocenters. The van der Waals surface area contributed by atoms with Gasteiger partial charge in [-0.3, -0.25) is 9.48 Å². The highest BCUT2D eigenvalue weighted by atomic mass is 35.5. The molecule has 4 aromatic rings. The van der Waals surface area contributed by atoms with E-state index in [2.05, 4.69) is 10.4 Å². The molecule has 0 unspecified atom stereocenters. The van der Waals surface area contributed by atoms with Gasteiger partial charge in [-0.05, 0) is 42.8 Å². The summed E-state index contributed by atoms with van der Waals surface area (Å²) in [5, 5.41) is 8.61. The van der Waals surface area contributed by atoms with Gasteiger partial charge in [0.2, 0.25) is 0 Å². The summed E-state index contributed by atoms with van der Waals surface area (Å²) in [6.45, 7) is 2.42. The Kier molecular flexibility index (Phi) is 4.22. The van der Waals surface area contributed by atoms with Gasteiger partial charge >= 0.3 is 0 Å². The number of nitrogens with one attached hydrogen (secondary N) is 1. The van der Waals surface area contributed by atoms with Crippen molar-refractivity contribution in [3.05, 3.63) is 82.8 Å². The molecular weight excluding hydrogens is 350 g/mol. The van der Waals surface area contributed by atoms with Crippen LogP contribution in [0.15, 0.2) is 65.3 Å². The number of amides is 1. The van der Waals surface area contributed by atoms with Gasteiger partial charge in [0.25, 0.3) is 5.91 Å². The van der Waals surface area contributed by atoms with Gasteiger partial charge in [0, 0.05) is 34.1 Å². The van der Waals surface area contributed by atoms with E-state index in [1.54, 1.807) is 29.1 Å². The molecule has 0 bridgehead atoms. The molecular formula is C20H16ClN3O2. The second-order valence-corrected chi connectivity index (χ2v) is 6.45. The van der Waals surface area contributed by atoms with E-state index >= 15 is 0 Å². The van der Waals surface area contributed by atoms with E-state index in [0.717, 1.165) is 22.2 Å². The van der Waals surface area contributed by atoms with Crippen LogP contribution in [0.1, 0.15) is 21.7 Å². The third-order valence-electron chi connectivity index (χ3n) is 4.26. The number of para-hydroxylation sites is 1. The first-order valence-electron chi connectivity index (χ1n) is 8.17. The summed E-state index contributed by atoms with van der Waals surface area (Å²) in [5.74, 6) is -0.00102. The van der Waals surface area contributed by atoms with Gasteiger partial charge in [-0.15, -0.1) is 0 Å². The molecule has 2 heterocycles. The SMILES string of the molecule is Cc1c(C(=O)Nc2ccccc2Cn2cccn2)oc2ccc(Cl)cc12. The minimum atomic E-state index is -0.289. The molecule has 6 heteroatoms. The average Bonchev–Trinajstić information content (AvgIpc) is 3.25. The lowest BCUT2D eigenvalue weighted by Crippen LogP contribution is -2.14. The second kappa shape index (κ2) is 6.69. The molecule has 0 aliphatic rings. The minimum Gasteiger partial charge on any atom is -0.451 e. The van der Waals surface area contributed by atoms with Crippen molar-refractivity contribution in [1.82, 2.24) is 9.78 Å². The van der Waals surface area contributed by atoms with Gasteiger partial charge in [-0.2, -0.15) is 5.10 Å². The molecule has 2 aromatic heterocycles. The van der Waals surface area contributed by atoms with E-state index in [1.165, 1.54) is 0 Å². The number of furan rings is 1. The van der Waals surface area contributed by atoms with Crippen LogP contribution in [0.25, 0.3) is 11.0 Å². The maximum absolute atomic E-state index is 12.8. The smallest absolute Gasteiger partial charge is 0.291 e. The van der Waals surface area contributed by atoms with Gasteiger partial charge in [0.1, 0.15) is 5.58 Å². The number of benzene rings is 2. The van der Waals surface area contributed by atoms with Crippen molar-refractivity contribution in [3.8, 4) is 0 Å². The molecule has 0 aliphatic carbocycles. The minimum absolute atomic E-state index is 0.288. The van der Waals surface area contributed by atoms with Crippen LogP contribution in [0.3, 0.4) is 0 Å². The molecule has 0 radical (unpaired) electrons. The molecule has 0 spiro atoms. The number of carbonyl (C=O) groups excluding carboxylic acids is 1. The van der Waals surface area contributed by atoms with Crippen molar-refractivity contribution in [3.63, 3.8) is 0 Å². The number of hydrogen-bond donors (Lipinski definition) is 1. The molecule has 5 nitrogen and oxygen atoms in total. The maximum atomic E-state index is 12.8. The molecule has 130 valence electrons. The predicted octanol–water partition coefficient (Wildman–Crippen LogP) is 4.89. The van der Waals surface area contributed by atoms with Crippen LogP contribution in [0, 0.1) is 6.92 Å². The van der Waals surface area contributed by atoms with Crippen molar-refractivity contribution < 1.29 is 9.21 Å². The molecule has 1 amide bonds. The monoisotopic (exact) mass is 365 g/mol. The van der Waals surface area contributed by atoms with Crippen molar-refractivity contribution >= 4 is 34.2 Å². The Morgan fingerprint density at radius 2 is 2.08 bits per heavy atom. The van der Waals surface area contributed by atoms with Gasteiger partial charge in [0.05, 0.1) is 6.54 Å². The third-order valence-corrected chi connectivity index (χ3v) is 4.50. The van der Waals surface area contributed by atoms with E-state index in [1.807, 2.05) is 43.5 Å². The lowest BCUT2D eigenvalue weighted by atomic mass is 10.1. The number of aromatic nitrogens is 2. The lowest BCUT2D eigenvalue weighted by Gasteiger charge is -2.10. The summed E-state index contributed by atoms with van der Waals surface area (Å²) in [6.07, 6.45) is 3.61. The molecule has 1 N–H and O–H groups in total. The van der Waals surface area contributed by atoms with Gasteiger partial charge in [0.15, 0.2) is 5.76 Å². The molecule has 0 fully saturated rings. The zero-order valence-corrected chi connectivity index (χ0v) is 14.8. The fraction of sp³-hybridized carbons (Fsp3) is 0.100. The highest BCUT2D eigenvalue weighted by Crippen LogP contribution is 2.28. The Morgan fingerprint density at radius 3 is 2.88 bits per heavy atom. The predicted molar refractivity (Wildman–Crippen MR) is 102 cm³/mol. The van der Waals surface area contributed by atoms with Crippen LogP contribution in [0.2, 0.25) is 5.02 Å². The van der Waals surface area contributed by atoms with E-state index in [9.17, 15) is 4.79 Å². The molecule has 26 heavy (non-hydrogen) atoms. The Balaban J connectivity index is 1.64. The largest absolute Gasteiger partial charge is 0.451 e. The topological polar surface area (TPSA) is 60.1 Å². The van der Waals surface area contributed by atoms with Crippen LogP contribution in [0.4, 0.5) is 5.69 Å². The molecule has 0 saturated heterocycles. The number of halogens is 1. The van der Waals surface area contributed by atoms with Crippen molar-refractivity contribution in [2.45, 2.75) is 13.5 Å². The summed E-state index contributed by atoms with van der Waals surface area (Å²) in [4.78, 5) is 12.8. The normalized spacial score (nSPS) is 11.0. The molecule has 2 aromatic carbocycles. The van der Waals surface area contributed by atoms with Crippen molar-refractivity contribution in [2.75, 3.05) is 5.32 Å². The summed E-state index contributed by atoms with van der Waals surface area (Å²) in [7, 11) is 0. The van der Waals surface area contributed by atoms with E-state index < -0.39 is 0 Å². The Morgan fingerprint density at radius 1 is 1.23 bits per heavy atom. The van der Waals surface area contributed by atoms with Gasteiger partial charge in [-0.25, -0.2) is 0 Å². The van der Waals surface area contributed by atoms with E-state index in [0.29, 0.717) is 17.2 Å². The summed E-state index contributed by atoms with van der Waals surface area (Å²) in [5.41, 5.74) is 3.10. The Labute approximate surface area is 155 Å². The highest BCUT2D eigenvalue weighted by Gasteiger charge is 2.19. The number of rotatable bonds is 4. The first kappa shape index (κ1) is 16.4. The van der Waals surface area contributed by atoms with Crippen LogP contribution < -0.4 is 5.32 Å². The van der Waals surface area contributed by atoms with E-state index in [-0.39, 0.29) is 11.7 Å². The van der Waals surface area contributed by atoms with Crippen LogP contribution in [-0.4, -0.2) is 15.7 Å². The number of carbonyl (C=O) groups is 1. The standard InChI is InChI=1S/C20H16ClN3O2/c1-13-16-11-15(21)7-8-18(16)26-19(13)20(25)23-17-6-3-2-5-14(17)12-24-10-4-9-22-24/h2-11H,12H2,1H3,(H,23,25). The van der Waals surface area contributed by atoms with Crippen molar-refractivity contribution in [2.24, 2.45) is 0 Å². The number of nitrogens with zero attached hydrogens (tertiary/aromatic N) is 2. The fourth-order valence-corrected chi connectivity index (χ4v) is 3.11. The zero-order valence-electron chi connectivity index (χ0n) is 14.1. The summed E-state index contributed by atoms with van der Waals surface area (Å²) >= 11 is 6.05. The van der Waals surface area contributed by atoms with Crippen LogP contribution in [-0.2, 0) is 6.54 Å². The molecule has 4 rings (SSSR count). The van der Waals surface area contributed by atoms with Crippen molar-refractivity contribution in [1.29, 1.82) is 0 Å². The summed E-state index contributed by atoms with van der Waals surface area (Å²) < 4.78 is 7.55. The van der Waals surface area contributed by atoms with Crippen LogP contribution >= 0.6 is 11.6 Å². The highest BCUT2D eigenvalue weighted by molar-refractivity contribution is 6.31. The van der Waals surface area contributed by atoms with E-state index in [4.69, 9.17) is 16.0 Å². The lowest BCUT2D eigenvalue weighted by molar-refractivity contribution is 0.0998. The Bertz CT molecular complexity index is 1080. The first-order valence-corrected chi connectivity index (χ1v) is 8.55. The number of hydrogen-bond acceptors (Lipinski definition) is 3. The first-order chi connectivity index (χ1) is 12.6. The van der Waals surface area contributed by atoms with Gasteiger partial charge < -0.3 is 9.73 Å². The molecule has 0 aliphatic heterocycles. The maximum Gasteiger partial charge on any atom is 0.291 e. The number of aryl methyl sites for hydroxylation is 1. The fourth-order valence-electron chi connectivity index (χ4n) is 2.94. The quantitative estimate of drug-likeness (QED) is 0.560. The molecule has 0 saturated carbocycles. The average molecular weight is 366 g/mol. The Hall–Kier alpha value is -3.05. The third kappa shape index (κ3) is 3.09. The number of fused-ring (bicyclic) bond motifs is 1. The number of anilines is 1.